The SMILES string of the molecule is CCN(CC(C)C(=O)O)C(=O)c1cc(F)cnc1Cl. The van der Waals surface area contributed by atoms with E-state index in [1.54, 1.807) is 6.92 Å². The van der Waals surface area contributed by atoms with Gasteiger partial charge in [-0.25, -0.2) is 9.37 Å². The average Bonchev–Trinajstić information content (AvgIpc) is 2.37. The molecule has 1 amide bonds. The summed E-state index contributed by atoms with van der Waals surface area (Å²) in [4.78, 5) is 27.8. The molecule has 0 fully saturated rings. The molecule has 1 heterocycles. The lowest BCUT2D eigenvalue weighted by molar-refractivity contribution is -0.141. The molecule has 1 rings (SSSR count). The maximum atomic E-state index is 13.1. The molecule has 0 saturated carbocycles. The van der Waals surface area contributed by atoms with Crippen LogP contribution in [0.4, 0.5) is 4.39 Å². The van der Waals surface area contributed by atoms with E-state index in [4.69, 9.17) is 16.7 Å². The van der Waals surface area contributed by atoms with E-state index >= 15 is 0 Å². The van der Waals surface area contributed by atoms with Crippen molar-refractivity contribution < 1.29 is 19.1 Å². The number of pyridine rings is 1. The summed E-state index contributed by atoms with van der Waals surface area (Å²) in [6, 6.07) is 0.992. The molecule has 0 aliphatic rings. The number of amides is 1. The first-order valence-corrected chi connectivity index (χ1v) is 6.07. The lowest BCUT2D eigenvalue weighted by atomic mass is 10.1. The van der Waals surface area contributed by atoms with Crippen LogP contribution in [0.3, 0.4) is 0 Å². The molecular weight excluding hydrogens is 275 g/mol. The van der Waals surface area contributed by atoms with Gasteiger partial charge in [-0.1, -0.05) is 18.5 Å². The molecule has 104 valence electrons. The molecule has 1 aromatic heterocycles. The van der Waals surface area contributed by atoms with E-state index in [9.17, 15) is 14.0 Å². The summed E-state index contributed by atoms with van der Waals surface area (Å²) >= 11 is 5.75. The van der Waals surface area contributed by atoms with Crippen LogP contribution in [-0.2, 0) is 4.79 Å². The zero-order chi connectivity index (χ0) is 14.6. The van der Waals surface area contributed by atoms with Crippen LogP contribution in [0.2, 0.25) is 5.15 Å². The molecule has 1 unspecified atom stereocenters. The highest BCUT2D eigenvalue weighted by atomic mass is 35.5. The largest absolute Gasteiger partial charge is 0.481 e. The van der Waals surface area contributed by atoms with E-state index in [1.807, 2.05) is 0 Å². The Morgan fingerprint density at radius 3 is 2.74 bits per heavy atom. The first-order chi connectivity index (χ1) is 8.86. The third-order valence-corrected chi connectivity index (χ3v) is 2.92. The third kappa shape index (κ3) is 3.89. The minimum absolute atomic E-state index is 0.0253. The van der Waals surface area contributed by atoms with Gasteiger partial charge in [0.1, 0.15) is 11.0 Å². The molecule has 0 bridgehead atoms. The van der Waals surface area contributed by atoms with Crippen LogP contribution in [0.1, 0.15) is 24.2 Å². The topological polar surface area (TPSA) is 70.5 Å². The van der Waals surface area contributed by atoms with E-state index in [-0.39, 0.29) is 17.3 Å². The molecule has 1 atom stereocenters. The Hall–Kier alpha value is -1.69. The van der Waals surface area contributed by atoms with E-state index < -0.39 is 23.6 Å². The predicted molar refractivity (Wildman–Crippen MR) is 67.6 cm³/mol. The summed E-state index contributed by atoms with van der Waals surface area (Å²) in [6.45, 7) is 3.51. The monoisotopic (exact) mass is 288 g/mol. The Morgan fingerprint density at radius 1 is 1.58 bits per heavy atom. The Bertz CT molecular complexity index is 496. The molecule has 0 spiro atoms. The number of carbonyl (C=O) groups is 2. The number of hydrogen-bond acceptors (Lipinski definition) is 3. The van der Waals surface area contributed by atoms with Crippen molar-refractivity contribution >= 4 is 23.5 Å². The number of hydrogen-bond donors (Lipinski definition) is 1. The smallest absolute Gasteiger partial charge is 0.308 e. The first kappa shape index (κ1) is 15.4. The molecule has 19 heavy (non-hydrogen) atoms. The van der Waals surface area contributed by atoms with Crippen molar-refractivity contribution in [2.75, 3.05) is 13.1 Å². The van der Waals surface area contributed by atoms with E-state index in [0.717, 1.165) is 12.3 Å². The molecule has 7 heteroatoms. The molecule has 0 aliphatic heterocycles. The highest BCUT2D eigenvalue weighted by Crippen LogP contribution is 2.17. The number of carboxylic acids is 1. The Balaban J connectivity index is 2.95. The number of aliphatic carboxylic acids is 1. The number of aromatic nitrogens is 1. The lowest BCUT2D eigenvalue weighted by Gasteiger charge is -2.23. The van der Waals surface area contributed by atoms with E-state index in [2.05, 4.69) is 4.98 Å². The van der Waals surface area contributed by atoms with Crippen molar-refractivity contribution in [3.05, 3.63) is 28.8 Å². The quantitative estimate of drug-likeness (QED) is 0.842. The number of halogens is 2. The standard InChI is InChI=1S/C12H14ClFN2O3/c1-3-16(6-7(2)12(18)19)11(17)9-4-8(14)5-15-10(9)13/h4-5,7H,3,6H2,1-2H3,(H,18,19). The van der Waals surface area contributed by atoms with Gasteiger partial charge in [0.15, 0.2) is 0 Å². The van der Waals surface area contributed by atoms with Gasteiger partial charge < -0.3 is 10.0 Å². The van der Waals surface area contributed by atoms with Gasteiger partial charge in [0, 0.05) is 13.1 Å². The minimum Gasteiger partial charge on any atom is -0.481 e. The van der Waals surface area contributed by atoms with Gasteiger partial charge in [0.05, 0.1) is 17.7 Å². The Kier molecular flexibility index (Phi) is 5.23. The summed E-state index contributed by atoms with van der Waals surface area (Å²) in [5, 5.41) is 8.74. The molecule has 1 N–H and O–H groups in total. The van der Waals surface area contributed by atoms with E-state index in [1.165, 1.54) is 11.8 Å². The Labute approximate surface area is 115 Å². The molecule has 0 radical (unpaired) electrons. The van der Waals surface area contributed by atoms with Crippen molar-refractivity contribution in [2.45, 2.75) is 13.8 Å². The second-order valence-electron chi connectivity index (χ2n) is 4.07. The van der Waals surface area contributed by atoms with Gasteiger partial charge in [0.25, 0.3) is 5.91 Å². The summed E-state index contributed by atoms with van der Waals surface area (Å²) in [6.07, 6.45) is 0.912. The van der Waals surface area contributed by atoms with Gasteiger partial charge in [-0.05, 0) is 13.0 Å². The number of carboxylic acid groups (broad SMARTS) is 1. The fourth-order valence-electron chi connectivity index (χ4n) is 1.51. The van der Waals surface area contributed by atoms with Gasteiger partial charge >= 0.3 is 5.97 Å². The first-order valence-electron chi connectivity index (χ1n) is 5.70. The van der Waals surface area contributed by atoms with Crippen LogP contribution in [0.25, 0.3) is 0 Å². The highest BCUT2D eigenvalue weighted by molar-refractivity contribution is 6.32. The predicted octanol–water partition coefficient (Wildman–Crippen LogP) is 2.06. The van der Waals surface area contributed by atoms with Crippen LogP contribution in [0, 0.1) is 11.7 Å². The fraction of sp³-hybridized carbons (Fsp3) is 0.417. The van der Waals surface area contributed by atoms with Crippen LogP contribution in [0.15, 0.2) is 12.3 Å². The summed E-state index contributed by atoms with van der Waals surface area (Å²) in [5.74, 6) is -2.93. The minimum atomic E-state index is -1.00. The average molecular weight is 289 g/mol. The molecule has 1 aromatic rings. The number of rotatable bonds is 5. The van der Waals surface area contributed by atoms with Crippen LogP contribution >= 0.6 is 11.6 Å². The normalized spacial score (nSPS) is 12.0. The molecule has 0 saturated heterocycles. The summed E-state index contributed by atoms with van der Waals surface area (Å²) < 4.78 is 13.1. The van der Waals surface area contributed by atoms with Crippen LogP contribution in [-0.4, -0.2) is 40.0 Å². The van der Waals surface area contributed by atoms with Gasteiger partial charge in [0.2, 0.25) is 0 Å². The summed E-state index contributed by atoms with van der Waals surface area (Å²) in [5.41, 5.74) is -0.0684. The number of nitrogens with zero attached hydrogens (tertiary/aromatic N) is 2. The van der Waals surface area contributed by atoms with Crippen molar-refractivity contribution in [3.63, 3.8) is 0 Å². The zero-order valence-corrected chi connectivity index (χ0v) is 11.3. The van der Waals surface area contributed by atoms with Crippen LogP contribution < -0.4 is 0 Å². The fourth-order valence-corrected chi connectivity index (χ4v) is 1.69. The summed E-state index contributed by atoms with van der Waals surface area (Å²) in [7, 11) is 0. The second-order valence-corrected chi connectivity index (χ2v) is 4.43. The second kappa shape index (κ2) is 6.47. The maximum Gasteiger partial charge on any atom is 0.308 e. The van der Waals surface area contributed by atoms with Crippen molar-refractivity contribution in [1.29, 1.82) is 0 Å². The van der Waals surface area contributed by atoms with Crippen molar-refractivity contribution in [2.24, 2.45) is 5.92 Å². The van der Waals surface area contributed by atoms with Crippen LogP contribution in [0.5, 0.6) is 0 Å². The molecular formula is C12H14ClFN2O3. The molecule has 0 aromatic carbocycles. The molecule has 5 nitrogen and oxygen atoms in total. The van der Waals surface area contributed by atoms with Gasteiger partial charge in [-0.15, -0.1) is 0 Å². The Morgan fingerprint density at radius 2 is 2.21 bits per heavy atom. The molecule has 0 aliphatic carbocycles. The lowest BCUT2D eigenvalue weighted by Crippen LogP contribution is -2.37. The van der Waals surface area contributed by atoms with Crippen molar-refractivity contribution in [3.8, 4) is 0 Å². The van der Waals surface area contributed by atoms with E-state index in [0.29, 0.717) is 6.54 Å². The maximum absolute atomic E-state index is 13.1. The van der Waals surface area contributed by atoms with Crippen molar-refractivity contribution in [1.82, 2.24) is 9.88 Å². The zero-order valence-electron chi connectivity index (χ0n) is 10.6. The van der Waals surface area contributed by atoms with Gasteiger partial charge in [-0.3, -0.25) is 9.59 Å². The highest BCUT2D eigenvalue weighted by Gasteiger charge is 2.22. The number of carbonyl (C=O) groups excluding carboxylic acids is 1. The van der Waals surface area contributed by atoms with Gasteiger partial charge in [-0.2, -0.15) is 0 Å². The third-order valence-electron chi connectivity index (χ3n) is 2.62.